The number of benzene rings is 9. The van der Waals surface area contributed by atoms with Gasteiger partial charge < -0.3 is 8.83 Å². The average molecular weight is 677 g/mol. The van der Waals surface area contributed by atoms with Crippen molar-refractivity contribution in [3.63, 3.8) is 0 Å². The molecule has 0 radical (unpaired) electrons. The maximum absolute atomic E-state index is 6.89. The SMILES string of the molecule is Cc1cocc1-c1c2ccccc2c(-c2ccc3oc4c(-c5c6ccccc6c(-c6ccccc6)c6ccccc56)cccc4c3c2)c2ccccc12. The third-order valence-corrected chi connectivity index (χ3v) is 11.1. The highest BCUT2D eigenvalue weighted by Gasteiger charge is 2.22. The first-order valence-electron chi connectivity index (χ1n) is 18.2. The predicted octanol–water partition coefficient (Wildman–Crippen LogP) is 14.8. The summed E-state index contributed by atoms with van der Waals surface area (Å²) >= 11 is 0. The number of aryl methyl sites for hydroxylation is 1. The minimum atomic E-state index is 0.880. The lowest BCUT2D eigenvalue weighted by Crippen LogP contribution is -1.91. The van der Waals surface area contributed by atoms with Crippen LogP contribution in [0.3, 0.4) is 0 Å². The molecule has 0 aliphatic carbocycles. The van der Waals surface area contributed by atoms with Gasteiger partial charge >= 0.3 is 0 Å². The van der Waals surface area contributed by atoms with Gasteiger partial charge in [-0.15, -0.1) is 0 Å². The molecule has 0 fully saturated rings. The van der Waals surface area contributed by atoms with E-state index in [0.717, 1.165) is 44.2 Å². The zero-order valence-corrected chi connectivity index (χ0v) is 29.1. The lowest BCUT2D eigenvalue weighted by Gasteiger charge is -2.17. The van der Waals surface area contributed by atoms with Crippen LogP contribution in [0.2, 0.25) is 0 Å². The fourth-order valence-corrected chi connectivity index (χ4v) is 8.83. The maximum atomic E-state index is 6.89. The van der Waals surface area contributed by atoms with Gasteiger partial charge in [0.1, 0.15) is 11.2 Å². The van der Waals surface area contributed by atoms with E-state index in [0.29, 0.717) is 0 Å². The summed E-state index contributed by atoms with van der Waals surface area (Å²) in [5, 5.41) is 12.0. The second-order valence-electron chi connectivity index (χ2n) is 14.0. The summed E-state index contributed by atoms with van der Waals surface area (Å²) in [6, 6.07) is 59.2. The van der Waals surface area contributed by atoms with Gasteiger partial charge in [-0.25, -0.2) is 0 Å². The van der Waals surface area contributed by atoms with Gasteiger partial charge in [-0.3, -0.25) is 0 Å². The molecule has 0 unspecified atom stereocenters. The Morgan fingerprint density at radius 1 is 0.340 bits per heavy atom. The van der Waals surface area contributed by atoms with Gasteiger partial charge in [0.2, 0.25) is 0 Å². The van der Waals surface area contributed by atoms with Crippen LogP contribution in [0.5, 0.6) is 0 Å². The second kappa shape index (κ2) is 11.6. The summed E-state index contributed by atoms with van der Waals surface area (Å²) in [7, 11) is 0. The number of rotatable bonds is 4. The van der Waals surface area contributed by atoms with Gasteiger partial charge in [-0.2, -0.15) is 0 Å². The first kappa shape index (κ1) is 29.8. The predicted molar refractivity (Wildman–Crippen MR) is 222 cm³/mol. The molecule has 0 atom stereocenters. The fraction of sp³-hybridized carbons (Fsp3) is 0.0196. The summed E-state index contributed by atoms with van der Waals surface area (Å²) in [5.74, 6) is 0. The minimum Gasteiger partial charge on any atom is -0.472 e. The van der Waals surface area contributed by atoms with Crippen molar-refractivity contribution in [3.8, 4) is 44.5 Å². The number of hydrogen-bond acceptors (Lipinski definition) is 2. The van der Waals surface area contributed by atoms with Crippen molar-refractivity contribution in [3.05, 3.63) is 182 Å². The van der Waals surface area contributed by atoms with Crippen molar-refractivity contribution >= 4 is 65.0 Å². The van der Waals surface area contributed by atoms with Crippen molar-refractivity contribution < 1.29 is 8.83 Å². The first-order valence-corrected chi connectivity index (χ1v) is 18.2. The van der Waals surface area contributed by atoms with Crippen molar-refractivity contribution in [1.82, 2.24) is 0 Å². The highest BCUT2D eigenvalue weighted by Crippen LogP contribution is 2.48. The van der Waals surface area contributed by atoms with Crippen LogP contribution in [0.25, 0.3) is 110 Å². The smallest absolute Gasteiger partial charge is 0.143 e. The summed E-state index contributed by atoms with van der Waals surface area (Å²) in [6.07, 6.45) is 3.72. The molecule has 11 aromatic rings. The molecule has 53 heavy (non-hydrogen) atoms. The highest BCUT2D eigenvalue weighted by molar-refractivity contribution is 6.25. The van der Waals surface area contributed by atoms with Crippen LogP contribution < -0.4 is 0 Å². The Hall–Kier alpha value is -6.90. The number of fused-ring (bicyclic) bond motifs is 7. The van der Waals surface area contributed by atoms with Gasteiger partial charge in [-0.1, -0.05) is 152 Å². The van der Waals surface area contributed by atoms with Gasteiger partial charge in [0, 0.05) is 33.0 Å². The zero-order chi connectivity index (χ0) is 35.0. The van der Waals surface area contributed by atoms with Crippen LogP contribution in [0.15, 0.2) is 185 Å². The molecule has 0 saturated heterocycles. The van der Waals surface area contributed by atoms with E-state index in [1.54, 1.807) is 0 Å². The van der Waals surface area contributed by atoms with Crippen molar-refractivity contribution in [2.24, 2.45) is 0 Å². The maximum Gasteiger partial charge on any atom is 0.143 e. The Morgan fingerprint density at radius 2 is 0.811 bits per heavy atom. The molecule has 9 aromatic carbocycles. The molecule has 2 aromatic heterocycles. The molecular weight excluding hydrogens is 645 g/mol. The Morgan fingerprint density at radius 3 is 1.34 bits per heavy atom. The summed E-state index contributed by atoms with van der Waals surface area (Å²) in [5.41, 5.74) is 12.4. The van der Waals surface area contributed by atoms with Crippen LogP contribution in [-0.4, -0.2) is 0 Å². The molecule has 0 spiro atoms. The van der Waals surface area contributed by atoms with Crippen LogP contribution in [-0.2, 0) is 0 Å². The molecule has 0 amide bonds. The molecule has 248 valence electrons. The molecule has 11 rings (SSSR count). The van der Waals surface area contributed by atoms with Crippen molar-refractivity contribution in [2.45, 2.75) is 6.92 Å². The number of furan rings is 2. The Balaban J connectivity index is 1.18. The third-order valence-electron chi connectivity index (χ3n) is 11.1. The molecule has 0 bridgehead atoms. The lowest BCUT2D eigenvalue weighted by molar-refractivity contribution is 0.566. The Labute approximate surface area is 306 Å². The van der Waals surface area contributed by atoms with E-state index in [4.69, 9.17) is 8.83 Å². The normalized spacial score (nSPS) is 11.9. The molecular formula is C51H32O2. The number of para-hydroxylation sites is 1. The Kier molecular flexibility index (Phi) is 6.50. The Bertz CT molecular complexity index is 3120. The number of hydrogen-bond donors (Lipinski definition) is 0. The van der Waals surface area contributed by atoms with Gasteiger partial charge in [0.15, 0.2) is 0 Å². The van der Waals surface area contributed by atoms with Crippen LogP contribution in [0, 0.1) is 6.92 Å². The topological polar surface area (TPSA) is 26.3 Å². The van der Waals surface area contributed by atoms with Crippen LogP contribution in [0.4, 0.5) is 0 Å². The van der Waals surface area contributed by atoms with Crippen molar-refractivity contribution in [2.75, 3.05) is 0 Å². The van der Waals surface area contributed by atoms with E-state index in [9.17, 15) is 0 Å². The van der Waals surface area contributed by atoms with E-state index in [1.807, 2.05) is 12.5 Å². The van der Waals surface area contributed by atoms with E-state index in [1.165, 1.54) is 70.9 Å². The molecule has 0 aliphatic rings. The summed E-state index contributed by atoms with van der Waals surface area (Å²) < 4.78 is 12.6. The lowest BCUT2D eigenvalue weighted by atomic mass is 9.85. The summed E-state index contributed by atoms with van der Waals surface area (Å²) in [6.45, 7) is 2.12. The molecule has 0 saturated carbocycles. The van der Waals surface area contributed by atoms with Gasteiger partial charge in [-0.05, 0) is 90.0 Å². The second-order valence-corrected chi connectivity index (χ2v) is 14.0. The standard InChI is InChI=1S/C51H32O2/c1-31-29-52-30-45(31)50-40-22-11-7-18-36(40)48(37-19-8-12-23-41(37)50)33-26-27-46-44(28-33)42-24-13-25-43(51(42)53-46)49-38-20-9-5-16-34(38)47(32-14-3-2-4-15-32)35-17-6-10-21-39(35)49/h2-30H,1H3. The largest absolute Gasteiger partial charge is 0.472 e. The van der Waals surface area contributed by atoms with E-state index in [-0.39, 0.29) is 0 Å². The molecule has 2 heteroatoms. The quantitative estimate of drug-likeness (QED) is 0.173. The highest BCUT2D eigenvalue weighted by atomic mass is 16.3. The molecule has 2 nitrogen and oxygen atoms in total. The zero-order valence-electron chi connectivity index (χ0n) is 29.1. The van der Waals surface area contributed by atoms with Crippen molar-refractivity contribution in [1.29, 1.82) is 0 Å². The minimum absolute atomic E-state index is 0.880. The average Bonchev–Trinajstić information content (AvgIpc) is 3.82. The van der Waals surface area contributed by atoms with Gasteiger partial charge in [0.25, 0.3) is 0 Å². The van der Waals surface area contributed by atoms with E-state index < -0.39 is 0 Å². The van der Waals surface area contributed by atoms with Crippen LogP contribution >= 0.6 is 0 Å². The molecule has 0 N–H and O–H groups in total. The molecule has 2 heterocycles. The van der Waals surface area contributed by atoms with Gasteiger partial charge in [0.05, 0.1) is 12.5 Å². The van der Waals surface area contributed by atoms with Crippen LogP contribution in [0.1, 0.15) is 5.56 Å². The first-order chi connectivity index (χ1) is 26.2. The van der Waals surface area contributed by atoms with E-state index in [2.05, 4.69) is 171 Å². The van der Waals surface area contributed by atoms with E-state index >= 15 is 0 Å². The summed E-state index contributed by atoms with van der Waals surface area (Å²) in [4.78, 5) is 0. The molecule has 0 aliphatic heterocycles. The monoisotopic (exact) mass is 676 g/mol. The third kappa shape index (κ3) is 4.39. The fourth-order valence-electron chi connectivity index (χ4n) is 8.83.